The van der Waals surface area contributed by atoms with Crippen LogP contribution in [0, 0.1) is 5.82 Å². The van der Waals surface area contributed by atoms with Gasteiger partial charge < -0.3 is 5.32 Å². The maximum absolute atomic E-state index is 13.5. The molecule has 0 heterocycles. The fourth-order valence-electron chi connectivity index (χ4n) is 1.79. The highest BCUT2D eigenvalue weighted by molar-refractivity contribution is 7.89. The molecular weight excluding hydrogens is 343 g/mol. The first kappa shape index (κ1) is 17.4. The van der Waals surface area contributed by atoms with Crippen LogP contribution >= 0.6 is 11.6 Å². The second-order valence-corrected chi connectivity index (χ2v) is 6.84. The topological polar surface area (TPSA) is 75.3 Å². The van der Waals surface area contributed by atoms with Crippen molar-refractivity contribution in [1.82, 2.24) is 4.72 Å². The molecule has 0 atom stereocenters. The van der Waals surface area contributed by atoms with Crippen LogP contribution in [-0.2, 0) is 14.8 Å². The molecular formula is C15H14ClFN2O3S. The first-order valence-electron chi connectivity index (χ1n) is 6.68. The smallest absolute Gasteiger partial charge is 0.240 e. The summed E-state index contributed by atoms with van der Waals surface area (Å²) in [5.41, 5.74) is -0.00897. The molecule has 23 heavy (non-hydrogen) atoms. The number of anilines is 1. The molecule has 0 aliphatic rings. The monoisotopic (exact) mass is 356 g/mol. The van der Waals surface area contributed by atoms with Crippen LogP contribution in [0.15, 0.2) is 53.4 Å². The zero-order valence-corrected chi connectivity index (χ0v) is 13.5. The van der Waals surface area contributed by atoms with Gasteiger partial charge in [0.25, 0.3) is 0 Å². The van der Waals surface area contributed by atoms with Gasteiger partial charge in [-0.3, -0.25) is 4.79 Å². The zero-order valence-electron chi connectivity index (χ0n) is 11.9. The van der Waals surface area contributed by atoms with Gasteiger partial charge in [-0.1, -0.05) is 29.8 Å². The number of hydrogen-bond acceptors (Lipinski definition) is 3. The average molecular weight is 357 g/mol. The number of halogens is 2. The second kappa shape index (κ2) is 7.54. The molecule has 0 aromatic heterocycles. The van der Waals surface area contributed by atoms with Gasteiger partial charge in [0.15, 0.2) is 0 Å². The van der Waals surface area contributed by atoms with Crippen LogP contribution in [0.1, 0.15) is 6.42 Å². The van der Waals surface area contributed by atoms with Crippen molar-refractivity contribution in [2.24, 2.45) is 0 Å². The first-order chi connectivity index (χ1) is 10.9. The largest absolute Gasteiger partial charge is 0.324 e. The lowest BCUT2D eigenvalue weighted by Gasteiger charge is -2.08. The Morgan fingerprint density at radius 2 is 1.83 bits per heavy atom. The van der Waals surface area contributed by atoms with Gasteiger partial charge in [0.05, 0.1) is 10.6 Å². The first-order valence-corrected chi connectivity index (χ1v) is 8.54. The summed E-state index contributed by atoms with van der Waals surface area (Å²) in [4.78, 5) is 11.8. The molecule has 0 unspecified atom stereocenters. The van der Waals surface area contributed by atoms with Gasteiger partial charge in [-0.15, -0.1) is 0 Å². The third-order valence-electron chi connectivity index (χ3n) is 2.90. The lowest BCUT2D eigenvalue weighted by atomic mass is 10.3. The van der Waals surface area contributed by atoms with Gasteiger partial charge in [-0.2, -0.15) is 0 Å². The number of benzene rings is 2. The van der Waals surface area contributed by atoms with E-state index in [2.05, 4.69) is 10.0 Å². The van der Waals surface area contributed by atoms with Crippen LogP contribution in [0.2, 0.25) is 5.02 Å². The van der Waals surface area contributed by atoms with Crippen molar-refractivity contribution in [2.45, 2.75) is 11.3 Å². The van der Waals surface area contributed by atoms with Crippen LogP contribution < -0.4 is 10.0 Å². The van der Waals surface area contributed by atoms with Crippen molar-refractivity contribution in [3.05, 3.63) is 59.4 Å². The summed E-state index contributed by atoms with van der Waals surface area (Å²) in [5, 5.41) is 2.57. The fourth-order valence-corrected chi connectivity index (χ4v) is 3.00. The number of amides is 1. The Kier molecular flexibility index (Phi) is 5.70. The normalized spacial score (nSPS) is 11.2. The molecule has 0 aliphatic carbocycles. The molecule has 0 radical (unpaired) electrons. The summed E-state index contributed by atoms with van der Waals surface area (Å²) in [6, 6.07) is 11.7. The lowest BCUT2D eigenvalue weighted by molar-refractivity contribution is -0.116. The minimum absolute atomic E-state index is 0.00897. The molecule has 122 valence electrons. The van der Waals surface area contributed by atoms with Crippen molar-refractivity contribution >= 4 is 33.2 Å². The van der Waals surface area contributed by atoms with Gasteiger partial charge in [0.1, 0.15) is 5.82 Å². The van der Waals surface area contributed by atoms with Gasteiger partial charge in [-0.25, -0.2) is 17.5 Å². The Hall–Kier alpha value is -1.96. The number of carbonyl (C=O) groups excluding carboxylic acids is 1. The van der Waals surface area contributed by atoms with E-state index in [-0.39, 0.29) is 28.6 Å². The number of carbonyl (C=O) groups is 1. The van der Waals surface area contributed by atoms with E-state index in [1.807, 2.05) is 0 Å². The van der Waals surface area contributed by atoms with Crippen molar-refractivity contribution in [3.63, 3.8) is 0 Å². The molecule has 8 heteroatoms. The van der Waals surface area contributed by atoms with Crippen LogP contribution in [0.4, 0.5) is 10.1 Å². The maximum Gasteiger partial charge on any atom is 0.240 e. The molecule has 0 spiro atoms. The molecule has 0 saturated heterocycles. The van der Waals surface area contributed by atoms with E-state index >= 15 is 0 Å². The predicted octanol–water partition coefficient (Wildman–Crippen LogP) is 2.79. The van der Waals surface area contributed by atoms with Crippen LogP contribution in [0.3, 0.4) is 0 Å². The highest BCUT2D eigenvalue weighted by Gasteiger charge is 2.14. The molecule has 5 nitrogen and oxygen atoms in total. The van der Waals surface area contributed by atoms with E-state index in [0.29, 0.717) is 0 Å². The summed E-state index contributed by atoms with van der Waals surface area (Å²) >= 11 is 5.62. The van der Waals surface area contributed by atoms with Gasteiger partial charge >= 0.3 is 0 Å². The lowest BCUT2D eigenvalue weighted by Crippen LogP contribution is -2.27. The van der Waals surface area contributed by atoms with Crippen molar-refractivity contribution in [1.29, 1.82) is 0 Å². The van der Waals surface area contributed by atoms with Crippen molar-refractivity contribution < 1.29 is 17.6 Å². The third-order valence-corrected chi connectivity index (χ3v) is 4.61. The Morgan fingerprint density at radius 1 is 1.13 bits per heavy atom. The van der Waals surface area contributed by atoms with Gasteiger partial charge in [0.2, 0.25) is 15.9 Å². The van der Waals surface area contributed by atoms with E-state index in [1.54, 1.807) is 18.2 Å². The van der Waals surface area contributed by atoms with E-state index in [0.717, 1.165) is 6.07 Å². The Balaban J connectivity index is 1.88. The molecule has 2 N–H and O–H groups in total. The molecule has 0 bridgehead atoms. The molecule has 1 amide bonds. The molecule has 0 aliphatic heterocycles. The predicted molar refractivity (Wildman–Crippen MR) is 86.3 cm³/mol. The van der Waals surface area contributed by atoms with E-state index < -0.39 is 21.7 Å². The molecule has 2 aromatic carbocycles. The fraction of sp³-hybridized carbons (Fsp3) is 0.133. The summed E-state index contributed by atoms with van der Waals surface area (Å²) in [7, 11) is -3.66. The summed E-state index contributed by atoms with van der Waals surface area (Å²) in [6.45, 7) is -0.0989. The third kappa shape index (κ3) is 5.02. The highest BCUT2D eigenvalue weighted by atomic mass is 35.5. The van der Waals surface area contributed by atoms with Crippen molar-refractivity contribution in [3.8, 4) is 0 Å². The minimum Gasteiger partial charge on any atom is -0.324 e. The maximum atomic E-state index is 13.5. The SMILES string of the molecule is O=C(CCNS(=O)(=O)c1ccccc1)Nc1ccc(Cl)cc1F. The van der Waals surface area contributed by atoms with Crippen LogP contribution in [0.25, 0.3) is 0 Å². The van der Waals surface area contributed by atoms with Gasteiger partial charge in [0, 0.05) is 18.0 Å². The number of hydrogen-bond donors (Lipinski definition) is 2. The standard InChI is InChI=1S/C15H14ClFN2O3S/c16-11-6-7-14(13(17)10-11)19-15(20)8-9-18-23(21,22)12-4-2-1-3-5-12/h1-7,10,18H,8-9H2,(H,19,20). The van der Waals surface area contributed by atoms with Crippen molar-refractivity contribution in [2.75, 3.05) is 11.9 Å². The van der Waals surface area contributed by atoms with E-state index in [1.165, 1.54) is 24.3 Å². The van der Waals surface area contributed by atoms with E-state index in [9.17, 15) is 17.6 Å². The molecule has 2 rings (SSSR count). The number of rotatable bonds is 6. The quantitative estimate of drug-likeness (QED) is 0.835. The zero-order chi connectivity index (χ0) is 16.9. The second-order valence-electron chi connectivity index (χ2n) is 4.63. The van der Waals surface area contributed by atoms with Gasteiger partial charge in [-0.05, 0) is 30.3 Å². The van der Waals surface area contributed by atoms with Crippen LogP contribution in [0.5, 0.6) is 0 Å². The summed E-state index contributed by atoms with van der Waals surface area (Å²) in [6.07, 6.45) is -0.131. The van der Waals surface area contributed by atoms with Crippen LogP contribution in [-0.4, -0.2) is 20.9 Å². The minimum atomic E-state index is -3.66. The number of nitrogens with one attached hydrogen (secondary N) is 2. The highest BCUT2D eigenvalue weighted by Crippen LogP contribution is 2.18. The Labute approximate surface area is 138 Å². The number of sulfonamides is 1. The molecule has 0 fully saturated rings. The molecule has 0 saturated carbocycles. The average Bonchev–Trinajstić information content (AvgIpc) is 2.51. The van der Waals surface area contributed by atoms with E-state index in [4.69, 9.17) is 11.6 Å². The summed E-state index contributed by atoms with van der Waals surface area (Å²) < 4.78 is 39.7. The Bertz CT molecular complexity index is 798. The summed E-state index contributed by atoms with van der Waals surface area (Å²) in [5.74, 6) is -1.17. The molecule has 2 aromatic rings. The Morgan fingerprint density at radius 3 is 2.48 bits per heavy atom.